The number of carbonyl (C=O) groups excluding carboxylic acids is 1. The van der Waals surface area contributed by atoms with Crippen molar-refractivity contribution in [1.29, 1.82) is 0 Å². The van der Waals surface area contributed by atoms with Crippen LogP contribution in [-0.4, -0.2) is 20.4 Å². The van der Waals surface area contributed by atoms with E-state index in [9.17, 15) is 22.8 Å². The van der Waals surface area contributed by atoms with E-state index in [1.807, 2.05) is 6.92 Å². The van der Waals surface area contributed by atoms with Gasteiger partial charge < -0.3 is 11.1 Å². The zero-order chi connectivity index (χ0) is 22.6. The van der Waals surface area contributed by atoms with Gasteiger partial charge in [0.1, 0.15) is 11.3 Å². The van der Waals surface area contributed by atoms with E-state index in [-0.39, 0.29) is 29.0 Å². The predicted octanol–water partition coefficient (Wildman–Crippen LogP) is 3.63. The Labute approximate surface area is 175 Å². The molecule has 2 unspecified atom stereocenters. The van der Waals surface area contributed by atoms with Gasteiger partial charge in [-0.25, -0.2) is 18.2 Å². The molecule has 10 heteroatoms. The Morgan fingerprint density at radius 1 is 1.23 bits per heavy atom. The van der Waals surface area contributed by atoms with Crippen LogP contribution >= 0.6 is 0 Å². The fraction of sp³-hybridized carbons (Fsp3) is 0.333. The number of halogens is 3. The average molecular weight is 431 g/mol. The van der Waals surface area contributed by atoms with Gasteiger partial charge >= 0.3 is 0 Å². The largest absolute Gasteiger partial charge is 0.368 e. The van der Waals surface area contributed by atoms with Gasteiger partial charge in [0.2, 0.25) is 11.9 Å². The molecule has 3 aromatic rings. The number of nitrogens with two attached hydrogens (primary N) is 1. The van der Waals surface area contributed by atoms with Gasteiger partial charge in [0.15, 0.2) is 17.5 Å². The summed E-state index contributed by atoms with van der Waals surface area (Å²) in [4.78, 5) is 33.1. The number of anilines is 2. The third-order valence-corrected chi connectivity index (χ3v) is 5.45. The lowest BCUT2D eigenvalue weighted by Gasteiger charge is -2.16. The number of pyridine rings is 1. The molecular weight excluding hydrogens is 411 g/mol. The predicted molar refractivity (Wildman–Crippen MR) is 110 cm³/mol. The van der Waals surface area contributed by atoms with Crippen molar-refractivity contribution in [3.8, 4) is 11.1 Å². The normalized spacial score (nSPS) is 17.9. The van der Waals surface area contributed by atoms with E-state index in [2.05, 4.69) is 15.3 Å². The number of fused-ring (bicyclic) bond motifs is 1. The number of hydrogen-bond acceptors (Lipinski definition) is 5. The van der Waals surface area contributed by atoms with Gasteiger partial charge in [-0.05, 0) is 38.3 Å². The standard InChI is InChI=1S/C21H20F3N5O2/c1-8(2)29-18-10(7-26-21(25)28-18)5-13(20(29)31)12-6-14(22)17(16(24)15(12)23)27-19(30)11-4-9(11)3/h5-9,11H,4H2,1-3H3,(H,27,30)(H2,25,26,28). The molecule has 0 aliphatic heterocycles. The molecule has 1 aliphatic carbocycles. The van der Waals surface area contributed by atoms with Crippen molar-refractivity contribution >= 4 is 28.6 Å². The molecular formula is C21H20F3N5O2. The van der Waals surface area contributed by atoms with Crippen molar-refractivity contribution < 1.29 is 18.0 Å². The molecule has 1 aromatic carbocycles. The summed E-state index contributed by atoms with van der Waals surface area (Å²) in [6, 6.07) is 1.56. The molecule has 4 rings (SSSR count). The summed E-state index contributed by atoms with van der Waals surface area (Å²) in [5.41, 5.74) is 3.45. The summed E-state index contributed by atoms with van der Waals surface area (Å²) < 4.78 is 45.6. The van der Waals surface area contributed by atoms with Crippen molar-refractivity contribution in [3.63, 3.8) is 0 Å². The number of nitrogens with one attached hydrogen (secondary N) is 1. The minimum absolute atomic E-state index is 0.0533. The van der Waals surface area contributed by atoms with E-state index < -0.39 is 46.2 Å². The second kappa shape index (κ2) is 7.36. The van der Waals surface area contributed by atoms with E-state index in [0.29, 0.717) is 17.9 Å². The molecule has 0 radical (unpaired) electrons. The average Bonchev–Trinajstić information content (AvgIpc) is 3.44. The SMILES string of the molecule is CC1CC1C(=O)Nc1c(F)cc(-c2cc3cnc(N)nc3n(C(C)C)c2=O)c(F)c1F. The molecule has 1 fully saturated rings. The van der Waals surface area contributed by atoms with Crippen LogP contribution in [0.5, 0.6) is 0 Å². The molecule has 162 valence electrons. The third-order valence-electron chi connectivity index (χ3n) is 5.45. The highest BCUT2D eigenvalue weighted by Crippen LogP contribution is 2.39. The number of nitrogen functional groups attached to an aromatic ring is 1. The Bertz CT molecular complexity index is 1290. The van der Waals surface area contributed by atoms with E-state index in [1.54, 1.807) is 13.8 Å². The van der Waals surface area contributed by atoms with Crippen LogP contribution in [0.2, 0.25) is 0 Å². The van der Waals surface area contributed by atoms with Crippen LogP contribution in [0.25, 0.3) is 22.2 Å². The maximum atomic E-state index is 15.0. The van der Waals surface area contributed by atoms with Crippen LogP contribution in [0.15, 0.2) is 23.1 Å². The molecule has 31 heavy (non-hydrogen) atoms. The minimum Gasteiger partial charge on any atom is -0.368 e. The highest BCUT2D eigenvalue weighted by Gasteiger charge is 2.40. The summed E-state index contributed by atoms with van der Waals surface area (Å²) >= 11 is 0. The Morgan fingerprint density at radius 2 is 1.90 bits per heavy atom. The van der Waals surface area contributed by atoms with E-state index >= 15 is 0 Å². The number of rotatable bonds is 4. The molecule has 1 saturated carbocycles. The van der Waals surface area contributed by atoms with Crippen molar-refractivity contribution in [2.45, 2.75) is 33.2 Å². The smallest absolute Gasteiger partial charge is 0.260 e. The quantitative estimate of drug-likeness (QED) is 0.614. The molecule has 1 amide bonds. The molecule has 1 aliphatic rings. The molecule has 2 atom stereocenters. The van der Waals surface area contributed by atoms with Crippen molar-refractivity contribution in [1.82, 2.24) is 14.5 Å². The van der Waals surface area contributed by atoms with Crippen LogP contribution < -0.4 is 16.6 Å². The van der Waals surface area contributed by atoms with Gasteiger partial charge in [0, 0.05) is 29.1 Å². The summed E-state index contributed by atoms with van der Waals surface area (Å²) in [6.07, 6.45) is 1.95. The number of hydrogen-bond donors (Lipinski definition) is 2. The van der Waals surface area contributed by atoms with Gasteiger partial charge in [-0.1, -0.05) is 6.92 Å². The fourth-order valence-electron chi connectivity index (χ4n) is 3.61. The summed E-state index contributed by atoms with van der Waals surface area (Å²) in [6.45, 7) is 5.24. The summed E-state index contributed by atoms with van der Waals surface area (Å²) in [5, 5.41) is 2.47. The van der Waals surface area contributed by atoms with Crippen molar-refractivity contribution in [3.05, 3.63) is 46.1 Å². The van der Waals surface area contributed by atoms with Crippen molar-refractivity contribution in [2.75, 3.05) is 11.1 Å². The van der Waals surface area contributed by atoms with E-state index in [1.165, 1.54) is 16.8 Å². The number of nitrogens with zero attached hydrogens (tertiary/aromatic N) is 3. The first-order chi connectivity index (χ1) is 14.6. The lowest BCUT2D eigenvalue weighted by Crippen LogP contribution is -2.25. The topological polar surface area (TPSA) is 103 Å². The highest BCUT2D eigenvalue weighted by atomic mass is 19.2. The molecule has 0 saturated heterocycles. The third kappa shape index (κ3) is 3.51. The Kier molecular flexibility index (Phi) is 4.95. The van der Waals surface area contributed by atoms with Crippen LogP contribution in [-0.2, 0) is 4.79 Å². The van der Waals surface area contributed by atoms with Gasteiger partial charge in [0.05, 0.1) is 5.56 Å². The molecule has 3 N–H and O–H groups in total. The summed E-state index contributed by atoms with van der Waals surface area (Å²) in [7, 11) is 0. The first-order valence-corrected chi connectivity index (χ1v) is 9.76. The van der Waals surface area contributed by atoms with E-state index in [0.717, 1.165) is 0 Å². The minimum atomic E-state index is -1.57. The lowest BCUT2D eigenvalue weighted by atomic mass is 10.0. The molecule has 0 bridgehead atoms. The van der Waals surface area contributed by atoms with Crippen LogP contribution in [0.3, 0.4) is 0 Å². The molecule has 0 spiro atoms. The van der Waals surface area contributed by atoms with Gasteiger partial charge in [-0.15, -0.1) is 0 Å². The lowest BCUT2D eigenvalue weighted by molar-refractivity contribution is -0.117. The first kappa shape index (κ1) is 20.8. The van der Waals surface area contributed by atoms with Gasteiger partial charge in [-0.2, -0.15) is 4.98 Å². The number of carbonyl (C=O) groups is 1. The molecule has 2 aromatic heterocycles. The number of amides is 1. The second-order valence-electron chi connectivity index (χ2n) is 8.05. The van der Waals surface area contributed by atoms with Crippen molar-refractivity contribution in [2.24, 2.45) is 11.8 Å². The summed E-state index contributed by atoms with van der Waals surface area (Å²) in [5.74, 6) is -5.06. The maximum Gasteiger partial charge on any atom is 0.260 e. The second-order valence-corrected chi connectivity index (χ2v) is 8.05. The fourth-order valence-corrected chi connectivity index (χ4v) is 3.61. The zero-order valence-corrected chi connectivity index (χ0v) is 17.0. The molecule has 2 heterocycles. The van der Waals surface area contributed by atoms with E-state index in [4.69, 9.17) is 5.73 Å². The monoisotopic (exact) mass is 431 g/mol. The van der Waals surface area contributed by atoms with Gasteiger partial charge in [-0.3, -0.25) is 14.2 Å². The van der Waals surface area contributed by atoms with Crippen LogP contribution in [0.1, 0.15) is 33.2 Å². The molecule has 7 nitrogen and oxygen atoms in total. The van der Waals surface area contributed by atoms with Gasteiger partial charge in [0.25, 0.3) is 5.56 Å². The Hall–Kier alpha value is -3.43. The zero-order valence-electron chi connectivity index (χ0n) is 17.0. The first-order valence-electron chi connectivity index (χ1n) is 9.76. The Balaban J connectivity index is 1.88. The Morgan fingerprint density at radius 3 is 2.52 bits per heavy atom. The van der Waals surface area contributed by atoms with Crippen LogP contribution in [0.4, 0.5) is 24.8 Å². The number of aromatic nitrogens is 3. The number of benzene rings is 1. The van der Waals surface area contributed by atoms with Crippen LogP contribution in [0, 0.1) is 29.3 Å². The highest BCUT2D eigenvalue weighted by molar-refractivity contribution is 5.95. The maximum absolute atomic E-state index is 15.0.